The van der Waals surface area contributed by atoms with Crippen LogP contribution in [0.3, 0.4) is 0 Å². The first-order valence-corrected chi connectivity index (χ1v) is 6.42. The highest BCUT2D eigenvalue weighted by molar-refractivity contribution is 5.91. The third-order valence-corrected chi connectivity index (χ3v) is 3.16. The first-order valence-electron chi connectivity index (χ1n) is 6.42. The second-order valence-electron chi connectivity index (χ2n) is 5.16. The Hall–Kier alpha value is -1.07. The fraction of sp³-hybridized carbons (Fsp3) is 0.769. The topological polar surface area (TPSA) is 56.8 Å². The van der Waals surface area contributed by atoms with Gasteiger partial charge in [-0.05, 0) is 27.2 Å². The third kappa shape index (κ3) is 2.52. The summed E-state index contributed by atoms with van der Waals surface area (Å²) >= 11 is 0. The zero-order valence-corrected chi connectivity index (χ0v) is 11.4. The zero-order chi connectivity index (χ0) is 13.3. The number of carbonyl (C=O) groups is 1. The summed E-state index contributed by atoms with van der Waals surface area (Å²) in [6.45, 7) is 8.83. The number of esters is 1. The highest BCUT2D eigenvalue weighted by Gasteiger charge is 2.44. The summed E-state index contributed by atoms with van der Waals surface area (Å²) in [4.78, 5) is 11.7. The van der Waals surface area contributed by atoms with Crippen LogP contribution in [0.15, 0.2) is 11.3 Å². The molecule has 0 unspecified atom stereocenters. The molecule has 102 valence electrons. The molecule has 2 heterocycles. The van der Waals surface area contributed by atoms with E-state index in [0.717, 1.165) is 18.7 Å². The summed E-state index contributed by atoms with van der Waals surface area (Å²) in [5, 5.41) is 3.26. The summed E-state index contributed by atoms with van der Waals surface area (Å²) in [6.07, 6.45) is 0.386. The molecule has 0 aliphatic carbocycles. The number of carbonyl (C=O) groups excluding carboxylic acids is 1. The fourth-order valence-electron chi connectivity index (χ4n) is 2.21. The van der Waals surface area contributed by atoms with Crippen molar-refractivity contribution in [1.82, 2.24) is 5.32 Å². The van der Waals surface area contributed by atoms with Crippen molar-refractivity contribution in [2.45, 2.75) is 52.1 Å². The van der Waals surface area contributed by atoms with Crippen LogP contribution in [0.1, 0.15) is 34.1 Å². The Morgan fingerprint density at radius 2 is 2.17 bits per heavy atom. The van der Waals surface area contributed by atoms with E-state index in [9.17, 15) is 4.79 Å². The zero-order valence-electron chi connectivity index (χ0n) is 11.4. The Morgan fingerprint density at radius 3 is 2.72 bits per heavy atom. The molecule has 1 fully saturated rings. The van der Waals surface area contributed by atoms with E-state index >= 15 is 0 Å². The molecule has 0 aromatic rings. The van der Waals surface area contributed by atoms with Crippen LogP contribution in [-0.4, -0.2) is 37.1 Å². The second-order valence-corrected chi connectivity index (χ2v) is 5.16. The number of cyclic esters (lactones) is 1. The lowest BCUT2D eigenvalue weighted by atomic mass is 10.1. The Morgan fingerprint density at radius 1 is 1.44 bits per heavy atom. The van der Waals surface area contributed by atoms with Crippen LogP contribution >= 0.6 is 0 Å². The van der Waals surface area contributed by atoms with Crippen LogP contribution in [-0.2, 0) is 19.0 Å². The quantitative estimate of drug-likeness (QED) is 0.768. The van der Waals surface area contributed by atoms with Crippen molar-refractivity contribution in [3.63, 3.8) is 0 Å². The molecule has 0 bridgehead atoms. The lowest BCUT2D eigenvalue weighted by Gasteiger charge is -2.22. The normalized spacial score (nSPS) is 30.8. The molecule has 0 saturated carbocycles. The van der Waals surface area contributed by atoms with Gasteiger partial charge in [-0.1, -0.05) is 6.92 Å². The van der Waals surface area contributed by atoms with E-state index in [0.29, 0.717) is 12.2 Å². The fourth-order valence-corrected chi connectivity index (χ4v) is 2.21. The number of rotatable bonds is 4. The lowest BCUT2D eigenvalue weighted by Crippen LogP contribution is -2.37. The van der Waals surface area contributed by atoms with Gasteiger partial charge >= 0.3 is 5.97 Å². The molecule has 2 aliphatic rings. The van der Waals surface area contributed by atoms with Crippen molar-refractivity contribution in [3.05, 3.63) is 11.3 Å². The van der Waals surface area contributed by atoms with E-state index < -0.39 is 5.79 Å². The van der Waals surface area contributed by atoms with Gasteiger partial charge in [0.25, 0.3) is 0 Å². The molecular formula is C13H21NO4. The van der Waals surface area contributed by atoms with Gasteiger partial charge in [0.15, 0.2) is 11.9 Å². The Bertz CT molecular complexity index is 375. The maximum Gasteiger partial charge on any atom is 0.336 e. The number of nitrogens with one attached hydrogen (secondary N) is 1. The minimum Gasteiger partial charge on any atom is -0.450 e. The van der Waals surface area contributed by atoms with Crippen LogP contribution < -0.4 is 5.32 Å². The van der Waals surface area contributed by atoms with E-state index in [1.165, 1.54) is 0 Å². The molecular weight excluding hydrogens is 234 g/mol. The maximum atomic E-state index is 11.7. The molecule has 18 heavy (non-hydrogen) atoms. The van der Waals surface area contributed by atoms with Crippen molar-refractivity contribution in [2.75, 3.05) is 13.2 Å². The summed E-state index contributed by atoms with van der Waals surface area (Å²) in [6, 6.07) is 0. The van der Waals surface area contributed by atoms with Gasteiger partial charge in [0, 0.05) is 6.54 Å². The lowest BCUT2D eigenvalue weighted by molar-refractivity contribution is -0.161. The van der Waals surface area contributed by atoms with Crippen molar-refractivity contribution < 1.29 is 19.0 Å². The average Bonchev–Trinajstić information content (AvgIpc) is 2.79. The highest BCUT2D eigenvalue weighted by Crippen LogP contribution is 2.31. The smallest absolute Gasteiger partial charge is 0.336 e. The number of ether oxygens (including phenoxy) is 3. The molecule has 2 aliphatic heterocycles. The largest absolute Gasteiger partial charge is 0.450 e. The molecule has 5 heteroatoms. The van der Waals surface area contributed by atoms with E-state index in [2.05, 4.69) is 12.2 Å². The van der Waals surface area contributed by atoms with Gasteiger partial charge in [-0.2, -0.15) is 0 Å². The molecule has 1 N–H and O–H groups in total. The predicted octanol–water partition coefficient (Wildman–Crippen LogP) is 1.34. The molecule has 2 atom stereocenters. The molecule has 0 amide bonds. The maximum absolute atomic E-state index is 11.7. The van der Waals surface area contributed by atoms with Gasteiger partial charge in [0.2, 0.25) is 0 Å². The monoisotopic (exact) mass is 255 g/mol. The highest BCUT2D eigenvalue weighted by atomic mass is 16.8. The van der Waals surface area contributed by atoms with Gasteiger partial charge in [-0.15, -0.1) is 0 Å². The van der Waals surface area contributed by atoms with E-state index in [1.54, 1.807) is 6.92 Å². The van der Waals surface area contributed by atoms with Crippen LogP contribution in [0.5, 0.6) is 0 Å². The predicted molar refractivity (Wildman–Crippen MR) is 65.8 cm³/mol. The molecule has 0 aromatic carbocycles. The standard InChI is InChI=1S/C13H21NO4/c1-5-6-14-10-8(2)12(15)17-11(10)9-7-16-13(3,4)18-9/h9,11,14H,5-7H2,1-4H3/t9-,11+/m0/s1. The van der Waals surface area contributed by atoms with Gasteiger partial charge in [-0.3, -0.25) is 0 Å². The van der Waals surface area contributed by atoms with Crippen molar-refractivity contribution >= 4 is 5.97 Å². The van der Waals surface area contributed by atoms with Crippen molar-refractivity contribution in [3.8, 4) is 0 Å². The molecule has 5 nitrogen and oxygen atoms in total. The summed E-state index contributed by atoms with van der Waals surface area (Å²) < 4.78 is 16.7. The number of hydrogen-bond donors (Lipinski definition) is 1. The van der Waals surface area contributed by atoms with Gasteiger partial charge < -0.3 is 19.5 Å². The van der Waals surface area contributed by atoms with Gasteiger partial charge in [-0.25, -0.2) is 4.79 Å². The average molecular weight is 255 g/mol. The van der Waals surface area contributed by atoms with Gasteiger partial charge in [0.1, 0.15) is 6.10 Å². The van der Waals surface area contributed by atoms with Crippen LogP contribution in [0.25, 0.3) is 0 Å². The SMILES string of the molecule is CCCNC1=C(C)C(=O)O[C@@H]1[C@@H]1COC(C)(C)O1. The molecule has 2 rings (SSSR count). The molecule has 1 saturated heterocycles. The Balaban J connectivity index is 2.11. The second kappa shape index (κ2) is 4.90. The minimum atomic E-state index is -0.608. The van der Waals surface area contributed by atoms with Crippen LogP contribution in [0.2, 0.25) is 0 Å². The van der Waals surface area contributed by atoms with Crippen molar-refractivity contribution in [2.24, 2.45) is 0 Å². The molecule has 0 aromatic heterocycles. The molecule has 0 spiro atoms. The Kier molecular flexibility index (Phi) is 3.64. The van der Waals surface area contributed by atoms with Crippen LogP contribution in [0, 0.1) is 0 Å². The Labute approximate surface area is 107 Å². The first-order chi connectivity index (χ1) is 8.44. The van der Waals surface area contributed by atoms with E-state index in [1.807, 2.05) is 13.8 Å². The van der Waals surface area contributed by atoms with Crippen molar-refractivity contribution in [1.29, 1.82) is 0 Å². The first kappa shape index (κ1) is 13.4. The number of hydrogen-bond acceptors (Lipinski definition) is 5. The molecule has 0 radical (unpaired) electrons. The van der Waals surface area contributed by atoms with Gasteiger partial charge in [0.05, 0.1) is 17.9 Å². The third-order valence-electron chi connectivity index (χ3n) is 3.16. The summed E-state index contributed by atoms with van der Waals surface area (Å²) in [7, 11) is 0. The summed E-state index contributed by atoms with van der Waals surface area (Å²) in [5.74, 6) is -0.879. The minimum absolute atomic E-state index is 0.235. The summed E-state index contributed by atoms with van der Waals surface area (Å²) in [5.41, 5.74) is 1.48. The van der Waals surface area contributed by atoms with E-state index in [4.69, 9.17) is 14.2 Å². The van der Waals surface area contributed by atoms with E-state index in [-0.39, 0.29) is 18.2 Å². The van der Waals surface area contributed by atoms with Crippen LogP contribution in [0.4, 0.5) is 0 Å².